The van der Waals surface area contributed by atoms with Crippen LogP contribution in [0.5, 0.6) is 0 Å². The molecule has 0 bridgehead atoms. The molecule has 0 amide bonds. The number of aryl methyl sites for hydroxylation is 1. The molecule has 0 spiro atoms. The van der Waals surface area contributed by atoms with Gasteiger partial charge in [-0.15, -0.1) is 4.91 Å². The zero-order valence-electron chi connectivity index (χ0n) is 11.2. The molecular formula is C15H13F3N2O. The van der Waals surface area contributed by atoms with Gasteiger partial charge < -0.3 is 5.32 Å². The van der Waals surface area contributed by atoms with E-state index in [1.165, 1.54) is 6.07 Å². The van der Waals surface area contributed by atoms with Crippen molar-refractivity contribution in [3.63, 3.8) is 0 Å². The van der Waals surface area contributed by atoms with Crippen molar-refractivity contribution in [2.75, 3.05) is 5.32 Å². The molecule has 0 unspecified atom stereocenters. The van der Waals surface area contributed by atoms with Crippen molar-refractivity contribution in [1.82, 2.24) is 0 Å². The molecule has 0 aliphatic rings. The van der Waals surface area contributed by atoms with Crippen molar-refractivity contribution in [3.8, 4) is 0 Å². The van der Waals surface area contributed by atoms with Gasteiger partial charge in [0.2, 0.25) is 0 Å². The van der Waals surface area contributed by atoms with Crippen LogP contribution in [0.3, 0.4) is 0 Å². The molecule has 0 atom stereocenters. The van der Waals surface area contributed by atoms with Crippen molar-refractivity contribution in [2.45, 2.75) is 19.6 Å². The number of alkyl halides is 3. The first-order valence-electron chi connectivity index (χ1n) is 6.24. The summed E-state index contributed by atoms with van der Waals surface area (Å²) in [5.74, 6) is 0. The maximum atomic E-state index is 12.7. The maximum absolute atomic E-state index is 12.7. The summed E-state index contributed by atoms with van der Waals surface area (Å²) in [5, 5.41) is 5.77. The van der Waals surface area contributed by atoms with Gasteiger partial charge >= 0.3 is 6.18 Å². The van der Waals surface area contributed by atoms with Crippen molar-refractivity contribution < 1.29 is 13.2 Å². The predicted molar refractivity (Wildman–Crippen MR) is 75.4 cm³/mol. The van der Waals surface area contributed by atoms with Gasteiger partial charge in [0.15, 0.2) is 0 Å². The Kier molecular flexibility index (Phi) is 4.26. The van der Waals surface area contributed by atoms with Gasteiger partial charge in [0, 0.05) is 12.2 Å². The minimum Gasteiger partial charge on any atom is -0.381 e. The number of halogens is 3. The number of benzene rings is 2. The van der Waals surface area contributed by atoms with E-state index < -0.39 is 11.7 Å². The fourth-order valence-corrected chi connectivity index (χ4v) is 1.91. The number of rotatable bonds is 4. The van der Waals surface area contributed by atoms with Crippen LogP contribution in [0.25, 0.3) is 0 Å². The summed E-state index contributed by atoms with van der Waals surface area (Å²) in [6.45, 7) is 2.04. The zero-order valence-corrected chi connectivity index (χ0v) is 11.2. The van der Waals surface area contributed by atoms with E-state index in [1.807, 2.05) is 0 Å². The summed E-state index contributed by atoms with van der Waals surface area (Å²) < 4.78 is 38.1. The van der Waals surface area contributed by atoms with E-state index >= 15 is 0 Å². The molecular weight excluding hydrogens is 281 g/mol. The average molecular weight is 294 g/mol. The van der Waals surface area contributed by atoms with Crippen LogP contribution >= 0.6 is 0 Å². The van der Waals surface area contributed by atoms with Crippen LogP contribution in [-0.2, 0) is 12.7 Å². The topological polar surface area (TPSA) is 41.5 Å². The summed E-state index contributed by atoms with van der Waals surface area (Å²) >= 11 is 0. The Morgan fingerprint density at radius 3 is 2.57 bits per heavy atom. The zero-order chi connectivity index (χ0) is 15.5. The normalized spacial score (nSPS) is 11.2. The van der Waals surface area contributed by atoms with Crippen LogP contribution in [0.15, 0.2) is 47.6 Å². The third kappa shape index (κ3) is 3.81. The second-order valence-electron chi connectivity index (χ2n) is 4.64. The SMILES string of the molecule is Cc1ccc(C(F)(F)F)cc1NCc1cccc(N=O)c1. The number of hydrogen-bond donors (Lipinski definition) is 1. The van der Waals surface area contributed by atoms with E-state index in [1.54, 1.807) is 31.2 Å². The van der Waals surface area contributed by atoms with E-state index in [0.29, 0.717) is 17.8 Å². The summed E-state index contributed by atoms with van der Waals surface area (Å²) in [4.78, 5) is 10.4. The Balaban J connectivity index is 2.17. The van der Waals surface area contributed by atoms with E-state index in [2.05, 4.69) is 10.5 Å². The van der Waals surface area contributed by atoms with E-state index in [0.717, 1.165) is 17.7 Å². The molecule has 6 heteroatoms. The number of hydrogen-bond acceptors (Lipinski definition) is 3. The second-order valence-corrected chi connectivity index (χ2v) is 4.64. The minimum absolute atomic E-state index is 0.287. The largest absolute Gasteiger partial charge is 0.416 e. The summed E-state index contributed by atoms with van der Waals surface area (Å²) in [6.07, 6.45) is -4.37. The Hall–Kier alpha value is -2.37. The lowest BCUT2D eigenvalue weighted by molar-refractivity contribution is -0.137. The molecule has 110 valence electrons. The Morgan fingerprint density at radius 1 is 1.14 bits per heavy atom. The molecule has 0 aliphatic carbocycles. The molecule has 3 nitrogen and oxygen atoms in total. The molecule has 21 heavy (non-hydrogen) atoms. The third-order valence-corrected chi connectivity index (χ3v) is 3.06. The quantitative estimate of drug-likeness (QED) is 0.804. The molecule has 0 aliphatic heterocycles. The molecule has 2 rings (SSSR count). The van der Waals surface area contributed by atoms with Crippen LogP contribution in [0.4, 0.5) is 24.5 Å². The third-order valence-electron chi connectivity index (χ3n) is 3.06. The van der Waals surface area contributed by atoms with Crippen LogP contribution in [0, 0.1) is 11.8 Å². The highest BCUT2D eigenvalue weighted by Gasteiger charge is 2.30. The van der Waals surface area contributed by atoms with Gasteiger partial charge in [0.05, 0.1) is 5.56 Å². The summed E-state index contributed by atoms with van der Waals surface area (Å²) in [5.41, 5.74) is 1.49. The van der Waals surface area contributed by atoms with Crippen LogP contribution < -0.4 is 5.32 Å². The fraction of sp³-hybridized carbons (Fsp3) is 0.200. The van der Waals surface area contributed by atoms with Gasteiger partial charge in [-0.25, -0.2) is 0 Å². The Morgan fingerprint density at radius 2 is 1.90 bits per heavy atom. The number of nitrogens with one attached hydrogen (secondary N) is 1. The molecule has 2 aromatic carbocycles. The molecule has 0 fully saturated rings. The first-order valence-corrected chi connectivity index (χ1v) is 6.24. The number of anilines is 1. The smallest absolute Gasteiger partial charge is 0.381 e. The maximum Gasteiger partial charge on any atom is 0.416 e. The van der Waals surface area contributed by atoms with Crippen molar-refractivity contribution in [1.29, 1.82) is 0 Å². The number of nitrogens with zero attached hydrogens (tertiary/aromatic N) is 1. The van der Waals surface area contributed by atoms with Gasteiger partial charge in [0.1, 0.15) is 5.69 Å². The molecule has 2 aromatic rings. The monoisotopic (exact) mass is 294 g/mol. The standard InChI is InChI=1S/C15H13F3N2O/c1-10-5-6-12(15(16,17)18)8-14(10)19-9-11-3-2-4-13(7-11)20-21/h2-8,19H,9H2,1H3. The van der Waals surface area contributed by atoms with E-state index in [4.69, 9.17) is 0 Å². The second kappa shape index (κ2) is 5.95. The summed E-state index contributed by atoms with van der Waals surface area (Å²) in [7, 11) is 0. The lowest BCUT2D eigenvalue weighted by Gasteiger charge is -2.13. The first kappa shape index (κ1) is 15.0. The molecule has 0 saturated carbocycles. The highest BCUT2D eigenvalue weighted by Crippen LogP contribution is 2.32. The lowest BCUT2D eigenvalue weighted by atomic mass is 10.1. The average Bonchev–Trinajstić information content (AvgIpc) is 2.45. The van der Waals surface area contributed by atoms with E-state index in [-0.39, 0.29) is 5.69 Å². The Labute approximate surface area is 119 Å². The predicted octanol–water partition coefficient (Wildman–Crippen LogP) is 5.02. The molecule has 0 aromatic heterocycles. The van der Waals surface area contributed by atoms with Gasteiger partial charge in [-0.2, -0.15) is 13.2 Å². The molecule has 1 N–H and O–H groups in total. The first-order chi connectivity index (χ1) is 9.90. The van der Waals surface area contributed by atoms with Crippen molar-refractivity contribution in [2.24, 2.45) is 5.18 Å². The highest BCUT2D eigenvalue weighted by atomic mass is 19.4. The van der Waals surface area contributed by atoms with Gasteiger partial charge in [-0.1, -0.05) is 18.2 Å². The molecule has 0 heterocycles. The lowest BCUT2D eigenvalue weighted by Crippen LogP contribution is -2.07. The van der Waals surface area contributed by atoms with Gasteiger partial charge in [-0.3, -0.25) is 0 Å². The molecule has 0 radical (unpaired) electrons. The van der Waals surface area contributed by atoms with Gasteiger partial charge in [0.25, 0.3) is 0 Å². The van der Waals surface area contributed by atoms with E-state index in [9.17, 15) is 18.1 Å². The van der Waals surface area contributed by atoms with Crippen molar-refractivity contribution in [3.05, 3.63) is 64.1 Å². The van der Waals surface area contributed by atoms with Crippen molar-refractivity contribution >= 4 is 11.4 Å². The Bertz CT molecular complexity index is 654. The minimum atomic E-state index is -4.37. The summed E-state index contributed by atoms with van der Waals surface area (Å²) in [6, 6.07) is 10.1. The van der Waals surface area contributed by atoms with Crippen LogP contribution in [-0.4, -0.2) is 0 Å². The van der Waals surface area contributed by atoms with Crippen LogP contribution in [0.2, 0.25) is 0 Å². The number of nitroso groups, excluding NO2 is 1. The van der Waals surface area contributed by atoms with Crippen LogP contribution in [0.1, 0.15) is 16.7 Å². The molecule has 0 saturated heterocycles. The fourth-order valence-electron chi connectivity index (χ4n) is 1.91. The van der Waals surface area contributed by atoms with Gasteiger partial charge in [-0.05, 0) is 47.5 Å². The highest BCUT2D eigenvalue weighted by molar-refractivity contribution is 5.54.